The number of carbonyl (C=O) groups excluding carboxylic acids is 1. The van der Waals surface area contributed by atoms with Gasteiger partial charge in [-0.15, -0.1) is 0 Å². The quantitative estimate of drug-likeness (QED) is 0.875. The van der Waals surface area contributed by atoms with E-state index in [1.165, 1.54) is 0 Å². The van der Waals surface area contributed by atoms with Crippen LogP contribution in [-0.4, -0.2) is 25.3 Å². The molecule has 22 heavy (non-hydrogen) atoms. The molecule has 1 heterocycles. The highest BCUT2D eigenvalue weighted by molar-refractivity contribution is 5.75. The van der Waals surface area contributed by atoms with Crippen LogP contribution in [0.5, 0.6) is 0 Å². The molecule has 1 aliphatic heterocycles. The lowest BCUT2D eigenvalue weighted by Crippen LogP contribution is -2.48. The maximum atomic E-state index is 12.1. The Bertz CT molecular complexity index is 546. The summed E-state index contributed by atoms with van der Waals surface area (Å²) in [6.45, 7) is 11.3. The smallest absolute Gasteiger partial charge is 0.315 e. The molecule has 4 nitrogen and oxygen atoms in total. The van der Waals surface area contributed by atoms with Crippen LogP contribution in [0.25, 0.3) is 5.57 Å². The number of hydrogen-bond donors (Lipinski definition) is 2. The zero-order valence-corrected chi connectivity index (χ0v) is 13.7. The maximum Gasteiger partial charge on any atom is 0.315 e. The number of ether oxygens (including phenoxy) is 1. The van der Waals surface area contributed by atoms with Crippen molar-refractivity contribution in [2.24, 2.45) is 0 Å². The fraction of sp³-hybridized carbons (Fsp3) is 0.500. The molecule has 2 amide bonds. The molecule has 1 aromatic carbocycles. The molecule has 1 fully saturated rings. The Balaban J connectivity index is 1.95. The fourth-order valence-electron chi connectivity index (χ4n) is 2.59. The Hall–Kier alpha value is -1.81. The topological polar surface area (TPSA) is 50.4 Å². The Kier molecular flexibility index (Phi) is 5.24. The summed E-state index contributed by atoms with van der Waals surface area (Å²) < 4.78 is 5.51. The van der Waals surface area contributed by atoms with Gasteiger partial charge in [-0.3, -0.25) is 0 Å². The van der Waals surface area contributed by atoms with E-state index < -0.39 is 5.54 Å². The molecular weight excluding hydrogens is 276 g/mol. The van der Waals surface area contributed by atoms with Gasteiger partial charge in [0.05, 0.1) is 11.6 Å². The van der Waals surface area contributed by atoms with Crippen molar-refractivity contribution in [3.8, 4) is 0 Å². The van der Waals surface area contributed by atoms with Crippen molar-refractivity contribution in [3.63, 3.8) is 0 Å². The van der Waals surface area contributed by atoms with E-state index in [0.717, 1.165) is 36.1 Å². The van der Waals surface area contributed by atoms with Crippen molar-refractivity contribution in [2.45, 2.75) is 45.3 Å². The van der Waals surface area contributed by atoms with Gasteiger partial charge in [-0.25, -0.2) is 4.79 Å². The summed E-state index contributed by atoms with van der Waals surface area (Å²) in [6, 6.07) is 7.95. The highest BCUT2D eigenvalue weighted by Gasteiger charge is 2.24. The van der Waals surface area contributed by atoms with E-state index in [4.69, 9.17) is 4.74 Å². The SMILES string of the molecule is C=C(C)c1cccc(C(C)(C)NC(=O)NC[C@@H]2CCCO2)c1. The van der Waals surface area contributed by atoms with Gasteiger partial charge in [0, 0.05) is 13.2 Å². The number of hydrogen-bond acceptors (Lipinski definition) is 2. The summed E-state index contributed by atoms with van der Waals surface area (Å²) in [5.41, 5.74) is 2.71. The van der Waals surface area contributed by atoms with E-state index in [1.54, 1.807) is 0 Å². The zero-order valence-electron chi connectivity index (χ0n) is 13.7. The summed E-state index contributed by atoms with van der Waals surface area (Å²) in [7, 11) is 0. The van der Waals surface area contributed by atoms with Crippen molar-refractivity contribution in [3.05, 3.63) is 42.0 Å². The van der Waals surface area contributed by atoms with Gasteiger partial charge in [-0.2, -0.15) is 0 Å². The normalized spacial score (nSPS) is 18.0. The van der Waals surface area contributed by atoms with Crippen molar-refractivity contribution in [1.82, 2.24) is 10.6 Å². The van der Waals surface area contributed by atoms with Crippen LogP contribution >= 0.6 is 0 Å². The highest BCUT2D eigenvalue weighted by Crippen LogP contribution is 2.23. The molecule has 1 saturated heterocycles. The predicted molar refractivity (Wildman–Crippen MR) is 89.7 cm³/mol. The van der Waals surface area contributed by atoms with Crippen LogP contribution in [0, 0.1) is 0 Å². The molecule has 0 aliphatic carbocycles. The lowest BCUT2D eigenvalue weighted by Gasteiger charge is -2.28. The molecule has 4 heteroatoms. The first-order valence-corrected chi connectivity index (χ1v) is 7.82. The number of benzene rings is 1. The molecule has 120 valence electrons. The molecule has 0 saturated carbocycles. The molecule has 1 atom stereocenters. The second-order valence-corrected chi connectivity index (χ2v) is 6.46. The monoisotopic (exact) mass is 302 g/mol. The van der Waals surface area contributed by atoms with Crippen LogP contribution < -0.4 is 10.6 Å². The van der Waals surface area contributed by atoms with Crippen molar-refractivity contribution in [2.75, 3.05) is 13.2 Å². The molecule has 1 aliphatic rings. The number of allylic oxidation sites excluding steroid dienone is 1. The third-order valence-electron chi connectivity index (χ3n) is 4.02. The minimum atomic E-state index is -0.452. The zero-order chi connectivity index (χ0) is 16.2. The van der Waals surface area contributed by atoms with Gasteiger partial charge in [0.25, 0.3) is 0 Å². The third-order valence-corrected chi connectivity index (χ3v) is 4.02. The number of nitrogens with one attached hydrogen (secondary N) is 2. The van der Waals surface area contributed by atoms with Crippen LogP contribution in [0.3, 0.4) is 0 Å². The van der Waals surface area contributed by atoms with Crippen LogP contribution in [0.4, 0.5) is 4.79 Å². The maximum absolute atomic E-state index is 12.1. The van der Waals surface area contributed by atoms with E-state index in [0.29, 0.717) is 6.54 Å². The average Bonchev–Trinajstić information content (AvgIpc) is 2.98. The molecule has 2 rings (SSSR count). The van der Waals surface area contributed by atoms with E-state index in [2.05, 4.69) is 23.3 Å². The van der Waals surface area contributed by atoms with Crippen LogP contribution in [0.1, 0.15) is 44.7 Å². The van der Waals surface area contributed by atoms with E-state index in [9.17, 15) is 4.79 Å². The average molecular weight is 302 g/mol. The van der Waals surface area contributed by atoms with Gasteiger partial charge in [0.15, 0.2) is 0 Å². The molecule has 0 radical (unpaired) electrons. The van der Waals surface area contributed by atoms with Crippen LogP contribution in [-0.2, 0) is 10.3 Å². The van der Waals surface area contributed by atoms with Crippen LogP contribution in [0.15, 0.2) is 30.8 Å². The minimum Gasteiger partial charge on any atom is -0.376 e. The molecular formula is C18H26N2O2. The van der Waals surface area contributed by atoms with Crippen LogP contribution in [0.2, 0.25) is 0 Å². The van der Waals surface area contributed by atoms with Crippen molar-refractivity contribution in [1.29, 1.82) is 0 Å². The lowest BCUT2D eigenvalue weighted by molar-refractivity contribution is 0.111. The fourth-order valence-corrected chi connectivity index (χ4v) is 2.59. The third kappa shape index (κ3) is 4.34. The molecule has 0 unspecified atom stereocenters. The largest absolute Gasteiger partial charge is 0.376 e. The van der Waals surface area contributed by atoms with Gasteiger partial charge in [0.1, 0.15) is 0 Å². The van der Waals surface area contributed by atoms with E-state index in [-0.39, 0.29) is 12.1 Å². The van der Waals surface area contributed by atoms with E-state index in [1.807, 2.05) is 39.0 Å². The molecule has 1 aromatic rings. The lowest BCUT2D eigenvalue weighted by atomic mass is 9.92. The van der Waals surface area contributed by atoms with Crippen molar-refractivity contribution < 1.29 is 9.53 Å². The number of rotatable bonds is 5. The summed E-state index contributed by atoms with van der Waals surface area (Å²) >= 11 is 0. The molecule has 0 spiro atoms. The van der Waals surface area contributed by atoms with Gasteiger partial charge < -0.3 is 15.4 Å². The standard InChI is InChI=1S/C18H26N2O2/c1-13(2)14-7-5-8-15(11-14)18(3,4)20-17(21)19-12-16-9-6-10-22-16/h5,7-8,11,16H,1,6,9-10,12H2,2-4H3,(H2,19,20,21)/t16-/m0/s1. The molecule has 0 bridgehead atoms. The molecule has 0 aromatic heterocycles. The second kappa shape index (κ2) is 6.97. The number of amides is 2. The van der Waals surface area contributed by atoms with Crippen molar-refractivity contribution >= 4 is 11.6 Å². The summed E-state index contributed by atoms with van der Waals surface area (Å²) in [5.74, 6) is 0. The predicted octanol–water partition coefficient (Wildman–Crippen LogP) is 3.43. The summed E-state index contributed by atoms with van der Waals surface area (Å²) in [5, 5.41) is 5.92. The first kappa shape index (κ1) is 16.6. The van der Waals surface area contributed by atoms with E-state index >= 15 is 0 Å². The summed E-state index contributed by atoms with van der Waals surface area (Å²) in [6.07, 6.45) is 2.25. The Morgan fingerprint density at radius 2 is 2.23 bits per heavy atom. The number of carbonyl (C=O) groups is 1. The Morgan fingerprint density at radius 1 is 1.45 bits per heavy atom. The Morgan fingerprint density at radius 3 is 2.86 bits per heavy atom. The Labute approximate surface area is 132 Å². The number of urea groups is 1. The second-order valence-electron chi connectivity index (χ2n) is 6.46. The minimum absolute atomic E-state index is 0.153. The first-order valence-electron chi connectivity index (χ1n) is 7.82. The summed E-state index contributed by atoms with van der Waals surface area (Å²) in [4.78, 5) is 12.1. The molecule has 2 N–H and O–H groups in total. The van der Waals surface area contributed by atoms with Gasteiger partial charge in [-0.05, 0) is 50.8 Å². The first-order chi connectivity index (χ1) is 10.4. The van der Waals surface area contributed by atoms with Gasteiger partial charge in [0.2, 0.25) is 0 Å². The van der Waals surface area contributed by atoms with Gasteiger partial charge >= 0.3 is 6.03 Å². The van der Waals surface area contributed by atoms with Gasteiger partial charge in [-0.1, -0.05) is 30.4 Å². The highest BCUT2D eigenvalue weighted by atomic mass is 16.5.